The maximum Gasteiger partial charge on any atom is 0.294 e. The van der Waals surface area contributed by atoms with Crippen LogP contribution in [0.4, 0.5) is 17.1 Å². The van der Waals surface area contributed by atoms with E-state index in [2.05, 4.69) is 5.32 Å². The Morgan fingerprint density at radius 2 is 1.90 bits per heavy atom. The topological polar surface area (TPSA) is 172 Å². The molecule has 0 aliphatic heterocycles. The lowest BCUT2D eigenvalue weighted by atomic mass is 10.2. The number of guanidine groups is 1. The van der Waals surface area contributed by atoms with Crippen molar-refractivity contribution in [3.63, 3.8) is 0 Å². The van der Waals surface area contributed by atoms with Crippen LogP contribution in [-0.4, -0.2) is 35.3 Å². The minimum atomic E-state index is -1.50. The Balaban J connectivity index is 0.000000796. The maximum atomic E-state index is 10.8. The summed E-state index contributed by atoms with van der Waals surface area (Å²) >= 11 is 0. The van der Waals surface area contributed by atoms with Gasteiger partial charge in [0.1, 0.15) is 5.69 Å². The Kier molecular flexibility index (Phi) is 6.21. The van der Waals surface area contributed by atoms with Crippen LogP contribution in [0.3, 0.4) is 0 Å². The average Bonchev–Trinajstić information content (AvgIpc) is 2.26. The predicted molar refractivity (Wildman–Crippen MR) is 71.7 cm³/mol. The number of nitrogens with zero attached hydrogens (tertiary/aromatic N) is 3. The minimum absolute atomic E-state index is 0.0312. The second-order valence-electron chi connectivity index (χ2n) is 3.63. The Bertz CT molecular complexity index is 514. The van der Waals surface area contributed by atoms with Crippen molar-refractivity contribution in [2.45, 2.75) is 0 Å². The van der Waals surface area contributed by atoms with Gasteiger partial charge < -0.3 is 21.2 Å². The smallest absolute Gasteiger partial charge is 0.294 e. The van der Waals surface area contributed by atoms with Crippen molar-refractivity contribution in [2.24, 2.45) is 5.73 Å². The average molecular weight is 286 g/mol. The summed E-state index contributed by atoms with van der Waals surface area (Å²) in [4.78, 5) is 20.4. The van der Waals surface area contributed by atoms with Crippen LogP contribution in [0.5, 0.6) is 0 Å². The van der Waals surface area contributed by atoms with E-state index in [1.165, 1.54) is 6.07 Å². The van der Waals surface area contributed by atoms with Crippen LogP contribution in [-0.2, 0) is 0 Å². The molecule has 0 fully saturated rings. The lowest BCUT2D eigenvalue weighted by Crippen LogP contribution is -2.20. The molecule has 5 N–H and O–H groups in total. The molecule has 0 aliphatic carbocycles. The minimum Gasteiger partial charge on any atom is -0.372 e. The van der Waals surface area contributed by atoms with E-state index >= 15 is 0 Å². The van der Waals surface area contributed by atoms with Gasteiger partial charge >= 0.3 is 0 Å². The standard InChI is InChI=1S/C9H13N5O2.HNO3/c1-13(2)7-4-3-6(12-9(10)11)5-8(7)14(15)16;2-1(3)4/h3-5H,1-2H3,(H4,10,11,12);(H,2,3,4). The molecule has 0 aromatic heterocycles. The first-order valence-corrected chi connectivity index (χ1v) is 5.05. The first-order chi connectivity index (χ1) is 9.15. The fraction of sp³-hybridized carbons (Fsp3) is 0.222. The van der Waals surface area contributed by atoms with Gasteiger partial charge in [-0.2, -0.15) is 0 Å². The van der Waals surface area contributed by atoms with Gasteiger partial charge in [-0.1, -0.05) is 0 Å². The number of anilines is 2. The summed E-state index contributed by atoms with van der Waals surface area (Å²) in [5, 5.41) is 34.0. The van der Waals surface area contributed by atoms with Gasteiger partial charge in [0.2, 0.25) is 0 Å². The van der Waals surface area contributed by atoms with Crippen LogP contribution in [0, 0.1) is 25.6 Å². The number of benzene rings is 1. The summed E-state index contributed by atoms with van der Waals surface area (Å²) in [5.74, 6) is -0.257. The molecule has 1 aromatic carbocycles. The van der Waals surface area contributed by atoms with Crippen molar-refractivity contribution in [3.05, 3.63) is 38.4 Å². The highest BCUT2D eigenvalue weighted by Crippen LogP contribution is 2.29. The first kappa shape index (κ1) is 16.9. The van der Waals surface area contributed by atoms with E-state index < -0.39 is 10.0 Å². The maximum absolute atomic E-state index is 10.8. The van der Waals surface area contributed by atoms with Gasteiger partial charge in [0.15, 0.2) is 5.96 Å². The zero-order chi connectivity index (χ0) is 15.9. The Morgan fingerprint density at radius 3 is 2.25 bits per heavy atom. The summed E-state index contributed by atoms with van der Waals surface area (Å²) < 4.78 is 0. The van der Waals surface area contributed by atoms with Crippen LogP contribution >= 0.6 is 0 Å². The third-order valence-electron chi connectivity index (χ3n) is 1.93. The SMILES string of the molecule is CN(C)c1ccc(NC(=N)N)cc1[N+](=O)[O-].O=[N+]([O-])O. The van der Waals surface area contributed by atoms with E-state index in [1.807, 2.05) is 0 Å². The van der Waals surface area contributed by atoms with E-state index in [1.54, 1.807) is 31.1 Å². The van der Waals surface area contributed by atoms with Gasteiger partial charge in [-0.15, -0.1) is 10.1 Å². The molecule has 0 radical (unpaired) electrons. The predicted octanol–water partition coefficient (Wildman–Crippen LogP) is 0.618. The number of rotatable bonds is 3. The highest BCUT2D eigenvalue weighted by molar-refractivity contribution is 5.90. The van der Waals surface area contributed by atoms with Crippen molar-refractivity contribution >= 4 is 23.0 Å². The van der Waals surface area contributed by atoms with Crippen molar-refractivity contribution in [1.82, 2.24) is 0 Å². The molecule has 1 aromatic rings. The third kappa shape index (κ3) is 6.00. The lowest BCUT2D eigenvalue weighted by Gasteiger charge is -2.13. The zero-order valence-corrected chi connectivity index (χ0v) is 10.7. The summed E-state index contributed by atoms with van der Waals surface area (Å²) in [6.07, 6.45) is 0. The second-order valence-corrected chi connectivity index (χ2v) is 3.63. The number of nitro benzene ring substituents is 1. The third-order valence-corrected chi connectivity index (χ3v) is 1.93. The molecule has 0 saturated carbocycles. The number of nitro groups is 1. The summed E-state index contributed by atoms with van der Waals surface area (Å²) in [6, 6.07) is 4.57. The van der Waals surface area contributed by atoms with E-state index in [4.69, 9.17) is 26.5 Å². The summed E-state index contributed by atoms with van der Waals surface area (Å²) in [6.45, 7) is 0. The Labute approximate surface area is 113 Å². The van der Waals surface area contributed by atoms with Crippen LogP contribution in [0.1, 0.15) is 0 Å². The number of hydrogen-bond donors (Lipinski definition) is 4. The van der Waals surface area contributed by atoms with Gasteiger partial charge in [-0.25, -0.2) is 0 Å². The highest BCUT2D eigenvalue weighted by Gasteiger charge is 2.16. The molecular formula is C9H14N6O5. The van der Waals surface area contributed by atoms with Crippen molar-refractivity contribution in [3.8, 4) is 0 Å². The molecule has 0 bridgehead atoms. The molecule has 20 heavy (non-hydrogen) atoms. The van der Waals surface area contributed by atoms with Gasteiger partial charge in [0, 0.05) is 25.8 Å². The van der Waals surface area contributed by atoms with Gasteiger partial charge in [0.25, 0.3) is 10.8 Å². The molecular weight excluding hydrogens is 272 g/mol. The van der Waals surface area contributed by atoms with Gasteiger partial charge in [-0.05, 0) is 12.1 Å². The van der Waals surface area contributed by atoms with Crippen LogP contribution in [0.15, 0.2) is 18.2 Å². The van der Waals surface area contributed by atoms with Gasteiger partial charge in [-0.3, -0.25) is 15.5 Å². The largest absolute Gasteiger partial charge is 0.372 e. The summed E-state index contributed by atoms with van der Waals surface area (Å²) in [5.41, 5.74) is 6.03. The Morgan fingerprint density at radius 1 is 1.40 bits per heavy atom. The highest BCUT2D eigenvalue weighted by atomic mass is 16.9. The summed E-state index contributed by atoms with van der Waals surface area (Å²) in [7, 11) is 3.45. The number of nitrogens with two attached hydrogens (primary N) is 1. The second kappa shape index (κ2) is 7.35. The quantitative estimate of drug-likeness (QED) is 0.271. The normalized spacial score (nSPS) is 8.90. The number of hydrogen-bond acceptors (Lipinski definition) is 6. The van der Waals surface area contributed by atoms with E-state index in [0.29, 0.717) is 11.4 Å². The fourth-order valence-electron chi connectivity index (χ4n) is 1.28. The first-order valence-electron chi connectivity index (χ1n) is 5.05. The lowest BCUT2D eigenvalue weighted by molar-refractivity contribution is -0.742. The molecule has 1 rings (SSSR count). The van der Waals surface area contributed by atoms with Gasteiger partial charge in [0.05, 0.1) is 4.92 Å². The number of nitrogens with one attached hydrogen (secondary N) is 2. The molecule has 11 heteroatoms. The molecule has 0 atom stereocenters. The molecule has 110 valence electrons. The van der Waals surface area contributed by atoms with Crippen molar-refractivity contribution in [2.75, 3.05) is 24.3 Å². The van der Waals surface area contributed by atoms with E-state index in [9.17, 15) is 10.1 Å². The fourth-order valence-corrected chi connectivity index (χ4v) is 1.28. The Hall–Kier alpha value is -3.11. The van der Waals surface area contributed by atoms with E-state index in [0.717, 1.165) is 0 Å². The van der Waals surface area contributed by atoms with Crippen molar-refractivity contribution in [1.29, 1.82) is 5.41 Å². The molecule has 0 amide bonds. The molecule has 0 aliphatic rings. The van der Waals surface area contributed by atoms with E-state index in [-0.39, 0.29) is 11.6 Å². The van der Waals surface area contributed by atoms with Crippen LogP contribution in [0.2, 0.25) is 0 Å². The van der Waals surface area contributed by atoms with Crippen LogP contribution in [0.25, 0.3) is 0 Å². The molecule has 0 heterocycles. The van der Waals surface area contributed by atoms with Crippen LogP contribution < -0.4 is 16.0 Å². The molecule has 11 nitrogen and oxygen atoms in total. The molecule has 0 spiro atoms. The van der Waals surface area contributed by atoms with Crippen molar-refractivity contribution < 1.29 is 15.2 Å². The monoisotopic (exact) mass is 286 g/mol. The molecule has 0 saturated heterocycles. The molecule has 0 unspecified atom stereocenters. The zero-order valence-electron chi connectivity index (χ0n) is 10.7.